The van der Waals surface area contributed by atoms with Crippen LogP contribution in [0, 0.1) is 0 Å². The minimum atomic E-state index is -4.34. The minimum absolute atomic E-state index is 0. The van der Waals surface area contributed by atoms with Crippen LogP contribution < -0.4 is 10.1 Å². The van der Waals surface area contributed by atoms with Gasteiger partial charge in [-0.2, -0.15) is 13.2 Å². The quantitative estimate of drug-likeness (QED) is 0.517. The molecule has 0 atom stereocenters. The van der Waals surface area contributed by atoms with Gasteiger partial charge in [0.05, 0.1) is 24.3 Å². The number of ether oxygens (including phenoxy) is 2. The number of hydrogen-bond acceptors (Lipinski definition) is 4. The Kier molecular flexibility index (Phi) is 7.08. The fourth-order valence-corrected chi connectivity index (χ4v) is 3.43. The fourth-order valence-electron chi connectivity index (χ4n) is 3.43. The molecule has 0 aromatic heterocycles. The lowest BCUT2D eigenvalue weighted by Gasteiger charge is -2.14. The van der Waals surface area contributed by atoms with E-state index in [-0.39, 0.29) is 12.4 Å². The van der Waals surface area contributed by atoms with Crippen molar-refractivity contribution >= 4 is 29.0 Å². The van der Waals surface area contributed by atoms with Crippen LogP contribution in [0.25, 0.3) is 21.9 Å². The van der Waals surface area contributed by atoms with Crippen molar-refractivity contribution in [3.63, 3.8) is 0 Å². The van der Waals surface area contributed by atoms with Crippen LogP contribution in [0.4, 0.5) is 13.2 Å². The summed E-state index contributed by atoms with van der Waals surface area (Å²) in [7, 11) is 1.62. The smallest absolute Gasteiger partial charge is 0.416 e. The van der Waals surface area contributed by atoms with Gasteiger partial charge in [-0.1, -0.05) is 24.3 Å². The highest BCUT2D eigenvalue weighted by Crippen LogP contribution is 2.33. The van der Waals surface area contributed by atoms with Crippen molar-refractivity contribution < 1.29 is 22.6 Å². The third-order valence-electron chi connectivity index (χ3n) is 4.96. The molecule has 31 heavy (non-hydrogen) atoms. The number of nitrogens with one attached hydrogen (secondary N) is 1. The highest BCUT2D eigenvalue weighted by Gasteiger charge is 2.30. The van der Waals surface area contributed by atoms with Gasteiger partial charge in [0.1, 0.15) is 18.2 Å². The van der Waals surface area contributed by atoms with E-state index >= 15 is 0 Å². The second kappa shape index (κ2) is 9.58. The number of aliphatic imine (C=N–C) groups is 1. The second-order valence-electron chi connectivity index (χ2n) is 6.98. The summed E-state index contributed by atoms with van der Waals surface area (Å²) in [6.45, 7) is 2.38. The molecule has 0 radical (unpaired) electrons. The van der Waals surface area contributed by atoms with E-state index in [2.05, 4.69) is 10.3 Å². The number of fused-ring (bicyclic) bond motifs is 1. The van der Waals surface area contributed by atoms with Gasteiger partial charge in [-0.3, -0.25) is 4.99 Å². The topological polar surface area (TPSA) is 42.9 Å². The Morgan fingerprint density at radius 2 is 1.68 bits per heavy atom. The van der Waals surface area contributed by atoms with Gasteiger partial charge in [-0.05, 0) is 52.2 Å². The van der Waals surface area contributed by atoms with Crippen LogP contribution in [0.3, 0.4) is 0 Å². The first-order valence-electron chi connectivity index (χ1n) is 9.61. The molecule has 0 amide bonds. The van der Waals surface area contributed by atoms with Crippen LogP contribution in [0.5, 0.6) is 5.75 Å². The van der Waals surface area contributed by atoms with Gasteiger partial charge < -0.3 is 14.8 Å². The number of rotatable bonds is 6. The van der Waals surface area contributed by atoms with E-state index in [0.717, 1.165) is 57.7 Å². The van der Waals surface area contributed by atoms with Gasteiger partial charge in [-0.25, -0.2) is 0 Å². The van der Waals surface area contributed by atoms with Crippen LogP contribution in [-0.2, 0) is 10.9 Å². The standard InChI is InChI=1S/C23H21F3N2O2.ClH/c1-29-10-11-30-21-14-17-3-2-16(15-4-6-19(7-5-15)23(24,25)26)12-18(17)13-20(21)22-27-8-9-28-22;/h2-7,12-14H,8-11H2,1H3,(H,27,28);1H. The number of nitrogens with zero attached hydrogens (tertiary/aromatic N) is 1. The van der Waals surface area contributed by atoms with Gasteiger partial charge in [0.25, 0.3) is 0 Å². The average Bonchev–Trinajstić information content (AvgIpc) is 3.27. The van der Waals surface area contributed by atoms with Gasteiger partial charge in [0.15, 0.2) is 0 Å². The molecule has 0 aliphatic carbocycles. The molecule has 3 aromatic rings. The monoisotopic (exact) mass is 450 g/mol. The molecular weight excluding hydrogens is 429 g/mol. The Balaban J connectivity index is 0.00000272. The molecule has 1 aliphatic rings. The van der Waals surface area contributed by atoms with Crippen LogP contribution in [0.1, 0.15) is 11.1 Å². The van der Waals surface area contributed by atoms with Crippen LogP contribution in [0.15, 0.2) is 59.6 Å². The molecule has 1 aliphatic heterocycles. The maximum absolute atomic E-state index is 12.8. The maximum atomic E-state index is 12.8. The first kappa shape index (κ1) is 22.9. The summed E-state index contributed by atoms with van der Waals surface area (Å²) in [6.07, 6.45) is -4.34. The molecule has 0 saturated carbocycles. The third-order valence-corrected chi connectivity index (χ3v) is 4.96. The van der Waals surface area contributed by atoms with E-state index in [1.165, 1.54) is 12.1 Å². The van der Waals surface area contributed by atoms with Crippen molar-refractivity contribution in [3.8, 4) is 16.9 Å². The summed E-state index contributed by atoms with van der Waals surface area (Å²) in [5.74, 6) is 1.50. The molecular formula is C23H22ClF3N2O2. The first-order valence-corrected chi connectivity index (χ1v) is 9.61. The van der Waals surface area contributed by atoms with Crippen LogP contribution in [-0.4, -0.2) is 39.2 Å². The van der Waals surface area contributed by atoms with Crippen molar-refractivity contribution in [1.29, 1.82) is 0 Å². The normalized spacial score (nSPS) is 13.5. The van der Waals surface area contributed by atoms with Crippen molar-refractivity contribution in [2.75, 3.05) is 33.4 Å². The number of hydrogen-bond donors (Lipinski definition) is 1. The zero-order valence-electron chi connectivity index (χ0n) is 16.8. The highest BCUT2D eigenvalue weighted by molar-refractivity contribution is 6.06. The molecule has 1 N–H and O–H groups in total. The Morgan fingerprint density at radius 3 is 2.32 bits per heavy atom. The molecule has 8 heteroatoms. The van der Waals surface area contributed by atoms with E-state index in [1.807, 2.05) is 30.3 Å². The molecule has 1 heterocycles. The Bertz CT molecular complexity index is 1080. The lowest BCUT2D eigenvalue weighted by molar-refractivity contribution is -0.137. The molecule has 0 fully saturated rings. The Morgan fingerprint density at radius 1 is 0.935 bits per heavy atom. The zero-order valence-corrected chi connectivity index (χ0v) is 17.6. The van der Waals surface area contributed by atoms with Crippen molar-refractivity contribution in [1.82, 2.24) is 5.32 Å². The van der Waals surface area contributed by atoms with Gasteiger partial charge in [0, 0.05) is 13.7 Å². The molecule has 164 valence electrons. The minimum Gasteiger partial charge on any atom is -0.490 e. The fraction of sp³-hybridized carbons (Fsp3) is 0.261. The summed E-state index contributed by atoms with van der Waals surface area (Å²) in [6, 6.07) is 15.0. The lowest BCUT2D eigenvalue weighted by atomic mass is 9.98. The molecule has 0 spiro atoms. The molecule has 0 bridgehead atoms. The first-order chi connectivity index (χ1) is 14.5. The van der Waals surface area contributed by atoms with E-state index in [0.29, 0.717) is 19.8 Å². The zero-order chi connectivity index (χ0) is 21.1. The van der Waals surface area contributed by atoms with Gasteiger partial charge in [0.2, 0.25) is 0 Å². The summed E-state index contributed by atoms with van der Waals surface area (Å²) >= 11 is 0. The Labute approximate surface area is 184 Å². The number of alkyl halides is 3. The van der Waals surface area contributed by atoms with Gasteiger partial charge in [-0.15, -0.1) is 12.4 Å². The van der Waals surface area contributed by atoms with Crippen LogP contribution in [0.2, 0.25) is 0 Å². The van der Waals surface area contributed by atoms with E-state index in [1.54, 1.807) is 7.11 Å². The maximum Gasteiger partial charge on any atom is 0.416 e. The predicted octanol–water partition coefficient (Wildman–Crippen LogP) is 5.32. The van der Waals surface area contributed by atoms with E-state index in [4.69, 9.17) is 9.47 Å². The number of methoxy groups -OCH3 is 1. The van der Waals surface area contributed by atoms with Crippen molar-refractivity contribution in [2.45, 2.75) is 6.18 Å². The van der Waals surface area contributed by atoms with Gasteiger partial charge >= 0.3 is 6.18 Å². The number of benzene rings is 3. The molecule has 4 nitrogen and oxygen atoms in total. The summed E-state index contributed by atoms with van der Waals surface area (Å²) in [4.78, 5) is 4.50. The summed E-state index contributed by atoms with van der Waals surface area (Å²) < 4.78 is 49.5. The number of amidine groups is 1. The van der Waals surface area contributed by atoms with Crippen LogP contribution >= 0.6 is 12.4 Å². The second-order valence-corrected chi connectivity index (χ2v) is 6.98. The largest absolute Gasteiger partial charge is 0.490 e. The molecule has 0 unspecified atom stereocenters. The predicted molar refractivity (Wildman–Crippen MR) is 118 cm³/mol. The SMILES string of the molecule is COCCOc1cc2ccc(-c3ccc(C(F)(F)F)cc3)cc2cc1C1=NCCN1.Cl. The average molecular weight is 451 g/mol. The lowest BCUT2D eigenvalue weighted by Crippen LogP contribution is -2.20. The van der Waals surface area contributed by atoms with E-state index in [9.17, 15) is 13.2 Å². The molecule has 0 saturated heterocycles. The highest BCUT2D eigenvalue weighted by atomic mass is 35.5. The Hall–Kier alpha value is -2.77. The molecule has 4 rings (SSSR count). The summed E-state index contributed by atoms with van der Waals surface area (Å²) in [5.41, 5.74) is 1.78. The van der Waals surface area contributed by atoms with Crippen molar-refractivity contribution in [2.24, 2.45) is 4.99 Å². The summed E-state index contributed by atoms with van der Waals surface area (Å²) in [5, 5.41) is 5.20. The van der Waals surface area contributed by atoms with Crippen molar-refractivity contribution in [3.05, 3.63) is 65.7 Å². The molecule has 3 aromatic carbocycles. The third kappa shape index (κ3) is 5.11. The van der Waals surface area contributed by atoms with E-state index < -0.39 is 11.7 Å². The number of halogens is 4.